The minimum atomic E-state index is -0.833. The Labute approximate surface area is 69.3 Å². The van der Waals surface area contributed by atoms with Gasteiger partial charge in [-0.1, -0.05) is 0 Å². The number of aliphatic carboxylic acids is 1. The van der Waals surface area contributed by atoms with Gasteiger partial charge in [0.25, 0.3) is 5.97 Å². The Morgan fingerprint density at radius 2 is 1.83 bits per heavy atom. The average molecular weight is 174 g/mol. The van der Waals surface area contributed by atoms with E-state index < -0.39 is 5.97 Å². The lowest BCUT2D eigenvalue weighted by Gasteiger charge is -1.74. The highest BCUT2D eigenvalue weighted by atomic mass is 16.4. The van der Waals surface area contributed by atoms with Crippen LogP contribution < -0.4 is 11.5 Å². The summed E-state index contributed by atoms with van der Waals surface area (Å²) in [5.74, 6) is -1.03. The molecule has 0 bridgehead atoms. The number of nitrogens with zero attached hydrogens (tertiary/aromatic N) is 2. The highest BCUT2D eigenvalue weighted by Gasteiger charge is 1.67. The van der Waals surface area contributed by atoms with Crippen molar-refractivity contribution in [2.24, 2.45) is 16.5 Å². The quantitative estimate of drug-likeness (QED) is 0.235. The Kier molecular flexibility index (Phi) is 21.9. The normalized spacial score (nSPS) is 5.33. The van der Waals surface area contributed by atoms with Crippen LogP contribution in [-0.2, 0) is 9.59 Å². The number of guanidine groups is 1. The van der Waals surface area contributed by atoms with Crippen LogP contribution in [0.15, 0.2) is 4.99 Å². The molecule has 7 heteroatoms. The molecule has 0 aromatic carbocycles. The summed E-state index contributed by atoms with van der Waals surface area (Å²) >= 11 is 0. The van der Waals surface area contributed by atoms with Crippen molar-refractivity contribution < 1.29 is 14.7 Å². The van der Waals surface area contributed by atoms with E-state index in [1.54, 1.807) is 0 Å². The number of carboxylic acids is 1. The zero-order chi connectivity index (χ0) is 10.6. The molecule has 12 heavy (non-hydrogen) atoms. The third kappa shape index (κ3) is 464. The average Bonchev–Trinajstić information content (AvgIpc) is 1.90. The summed E-state index contributed by atoms with van der Waals surface area (Å²) in [6, 6.07) is 0. The van der Waals surface area contributed by atoms with Crippen molar-refractivity contribution in [2.45, 2.75) is 6.92 Å². The summed E-state index contributed by atoms with van der Waals surface area (Å²) in [5.41, 5.74) is 9.42. The molecular formula is C5H10N4O3. The van der Waals surface area contributed by atoms with Gasteiger partial charge in [0.1, 0.15) is 6.79 Å². The van der Waals surface area contributed by atoms with Gasteiger partial charge in [0.15, 0.2) is 0 Å². The first kappa shape index (κ1) is 16.5. The predicted octanol–water partition coefficient (Wildman–Crippen LogP) is -1.35. The lowest BCUT2D eigenvalue weighted by molar-refractivity contribution is -0.134. The number of nitrogens with two attached hydrogens (primary N) is 2. The van der Waals surface area contributed by atoms with Crippen LogP contribution in [0.25, 0.3) is 0 Å². The van der Waals surface area contributed by atoms with Crippen LogP contribution in [0.5, 0.6) is 0 Å². The fourth-order valence-corrected chi connectivity index (χ4v) is 0.0577. The number of nitriles is 1. The zero-order valence-electron chi connectivity index (χ0n) is 6.52. The second kappa shape index (κ2) is 16.0. The molecule has 0 aromatic heterocycles. The number of carbonyl (C=O) groups excluding carboxylic acids is 1. The molecule has 0 heterocycles. The minimum absolute atomic E-state index is 0.197. The second-order valence-electron chi connectivity index (χ2n) is 1.16. The molecule has 0 aliphatic rings. The summed E-state index contributed by atoms with van der Waals surface area (Å²) in [6.07, 6.45) is 1.41. The molecule has 0 unspecified atom stereocenters. The molecule has 0 aliphatic heterocycles. The first-order valence-corrected chi connectivity index (χ1v) is 2.46. The smallest absolute Gasteiger partial charge is 0.300 e. The largest absolute Gasteiger partial charge is 0.481 e. The maximum Gasteiger partial charge on any atom is 0.300 e. The van der Waals surface area contributed by atoms with Gasteiger partial charge in [-0.2, -0.15) is 5.26 Å². The van der Waals surface area contributed by atoms with Crippen LogP contribution in [0.1, 0.15) is 6.92 Å². The van der Waals surface area contributed by atoms with Gasteiger partial charge in [0.2, 0.25) is 12.2 Å². The SMILES string of the molecule is C=O.CC(=O)O.N#CN=C(N)N. The van der Waals surface area contributed by atoms with E-state index in [1.807, 2.05) is 6.79 Å². The molecule has 7 nitrogen and oxygen atoms in total. The molecule has 68 valence electrons. The van der Waals surface area contributed by atoms with Crippen LogP contribution in [-0.4, -0.2) is 23.8 Å². The van der Waals surface area contributed by atoms with Gasteiger partial charge < -0.3 is 21.4 Å². The highest BCUT2D eigenvalue weighted by Crippen LogP contribution is 1.49. The summed E-state index contributed by atoms with van der Waals surface area (Å²) in [5, 5.41) is 15.1. The van der Waals surface area contributed by atoms with E-state index >= 15 is 0 Å². The highest BCUT2D eigenvalue weighted by molar-refractivity contribution is 5.76. The third-order valence-corrected chi connectivity index (χ3v) is 0.179. The topological polar surface area (TPSA) is 143 Å². The number of carboxylic acid groups (broad SMARTS) is 1. The molecule has 0 fully saturated rings. The van der Waals surface area contributed by atoms with E-state index in [0.717, 1.165) is 6.92 Å². The third-order valence-electron chi connectivity index (χ3n) is 0.179. The van der Waals surface area contributed by atoms with Crippen molar-refractivity contribution in [3.63, 3.8) is 0 Å². The Bertz CT molecular complexity index is 176. The Balaban J connectivity index is -0.000000118. The minimum Gasteiger partial charge on any atom is -0.481 e. The van der Waals surface area contributed by atoms with E-state index in [0.29, 0.717) is 0 Å². The summed E-state index contributed by atoms with van der Waals surface area (Å²) in [6.45, 7) is 3.08. The van der Waals surface area contributed by atoms with Gasteiger partial charge in [-0.05, 0) is 0 Å². The fourth-order valence-electron chi connectivity index (χ4n) is 0.0577. The van der Waals surface area contributed by atoms with Gasteiger partial charge in [-0.15, -0.1) is 4.99 Å². The van der Waals surface area contributed by atoms with Crippen LogP contribution in [0.2, 0.25) is 0 Å². The second-order valence-corrected chi connectivity index (χ2v) is 1.16. The molecule has 0 rings (SSSR count). The van der Waals surface area contributed by atoms with Crippen LogP contribution in [0, 0.1) is 11.5 Å². The van der Waals surface area contributed by atoms with Crippen molar-refractivity contribution in [1.29, 1.82) is 5.26 Å². The Morgan fingerprint density at radius 3 is 1.83 bits per heavy atom. The van der Waals surface area contributed by atoms with Gasteiger partial charge in [0.05, 0.1) is 0 Å². The first-order chi connectivity index (χ1) is 5.50. The van der Waals surface area contributed by atoms with Gasteiger partial charge in [-0.3, -0.25) is 4.79 Å². The number of aliphatic imine (C=N–C) groups is 1. The van der Waals surface area contributed by atoms with E-state index in [2.05, 4.69) is 4.99 Å². The van der Waals surface area contributed by atoms with Crippen LogP contribution in [0.3, 0.4) is 0 Å². The van der Waals surface area contributed by atoms with Crippen molar-refractivity contribution in [3.8, 4) is 6.19 Å². The monoisotopic (exact) mass is 174 g/mol. The molecule has 0 aromatic rings. The van der Waals surface area contributed by atoms with E-state index in [9.17, 15) is 0 Å². The predicted molar refractivity (Wildman–Crippen MR) is 41.9 cm³/mol. The van der Waals surface area contributed by atoms with Gasteiger partial charge in [-0.25, -0.2) is 0 Å². The van der Waals surface area contributed by atoms with Crippen LogP contribution >= 0.6 is 0 Å². The molecule has 5 N–H and O–H groups in total. The van der Waals surface area contributed by atoms with Crippen molar-refractivity contribution in [3.05, 3.63) is 0 Å². The molecule has 0 spiro atoms. The summed E-state index contributed by atoms with van der Waals surface area (Å²) in [7, 11) is 0. The lowest BCUT2D eigenvalue weighted by atomic mass is 10.9. The van der Waals surface area contributed by atoms with Gasteiger partial charge >= 0.3 is 0 Å². The van der Waals surface area contributed by atoms with Crippen LogP contribution in [0.4, 0.5) is 0 Å². The molecule has 0 saturated carbocycles. The molecule has 0 atom stereocenters. The first-order valence-electron chi connectivity index (χ1n) is 2.46. The molecule has 0 aliphatic carbocycles. The molecule has 0 amide bonds. The van der Waals surface area contributed by atoms with Crippen molar-refractivity contribution in [2.75, 3.05) is 0 Å². The molecule has 0 radical (unpaired) electrons. The molecular weight excluding hydrogens is 164 g/mol. The number of hydrogen-bond acceptors (Lipinski definition) is 4. The van der Waals surface area contributed by atoms with Crippen molar-refractivity contribution in [1.82, 2.24) is 0 Å². The maximum atomic E-state index is 9.00. The van der Waals surface area contributed by atoms with Crippen molar-refractivity contribution >= 4 is 18.7 Å². The summed E-state index contributed by atoms with van der Waals surface area (Å²) in [4.78, 5) is 19.9. The Morgan fingerprint density at radius 1 is 1.58 bits per heavy atom. The van der Waals surface area contributed by atoms with Gasteiger partial charge in [0, 0.05) is 6.92 Å². The Hall–Kier alpha value is -2.10. The number of carbonyl (C=O) groups is 2. The van der Waals surface area contributed by atoms with E-state index in [-0.39, 0.29) is 5.96 Å². The number of rotatable bonds is 0. The molecule has 0 saturated heterocycles. The zero-order valence-corrected chi connectivity index (χ0v) is 6.52. The summed E-state index contributed by atoms with van der Waals surface area (Å²) < 4.78 is 0. The fraction of sp³-hybridized carbons (Fsp3) is 0.200. The van der Waals surface area contributed by atoms with E-state index in [1.165, 1.54) is 6.19 Å². The van der Waals surface area contributed by atoms with E-state index in [4.69, 9.17) is 31.4 Å². The number of hydrogen-bond donors (Lipinski definition) is 3. The standard InChI is InChI=1S/C2H4N4.C2H4O2.CH2O/c3-1-6-2(4)5;1-2(3)4;1-2/h(H4,4,5,6);1H3,(H,3,4);1H2. The maximum absolute atomic E-state index is 9.00. The lowest BCUT2D eigenvalue weighted by Crippen LogP contribution is -2.21.